The average Bonchev–Trinajstić information content (AvgIpc) is 4.12. The van der Waals surface area contributed by atoms with Gasteiger partial charge in [0.1, 0.15) is 0 Å². The summed E-state index contributed by atoms with van der Waals surface area (Å²) in [7, 11) is 0. The van der Waals surface area contributed by atoms with Gasteiger partial charge in [0.2, 0.25) is 0 Å². The zero-order chi connectivity index (χ0) is 42.0. The maximum atomic E-state index is 11.2. The molecule has 0 amide bonds. The lowest BCUT2D eigenvalue weighted by Crippen LogP contribution is -2.24. The molecular formula is C58H56N4. The Labute approximate surface area is 364 Å². The molecule has 3 fully saturated rings. The van der Waals surface area contributed by atoms with Crippen molar-refractivity contribution in [3.05, 3.63) is 93.0 Å². The number of rotatable bonds is 0. The van der Waals surface area contributed by atoms with Crippen molar-refractivity contribution in [1.82, 2.24) is 8.80 Å². The van der Waals surface area contributed by atoms with Crippen LogP contribution in [-0.2, 0) is 21.7 Å². The summed E-state index contributed by atoms with van der Waals surface area (Å²) >= 11 is 0. The van der Waals surface area contributed by atoms with Crippen LogP contribution in [0.5, 0.6) is 0 Å². The zero-order valence-electron chi connectivity index (χ0n) is 37.5. The maximum Gasteiger partial charge on any atom is 0.0995 e. The van der Waals surface area contributed by atoms with Gasteiger partial charge in [-0.05, 0) is 173 Å². The summed E-state index contributed by atoms with van der Waals surface area (Å²) in [5, 5.41) is 32.9. The Morgan fingerprint density at radius 2 is 0.952 bits per heavy atom. The molecule has 2 spiro atoms. The second kappa shape index (κ2) is 11.4. The Hall–Kier alpha value is -5.32. The van der Waals surface area contributed by atoms with E-state index in [2.05, 4.69) is 111 Å². The molecule has 6 aliphatic carbocycles. The largest absolute Gasteiger partial charge is 0.308 e. The van der Waals surface area contributed by atoms with Gasteiger partial charge >= 0.3 is 0 Å². The highest BCUT2D eigenvalue weighted by atomic mass is 14.9. The van der Waals surface area contributed by atoms with E-state index in [1.54, 1.807) is 5.56 Å². The molecule has 0 aliphatic heterocycles. The standard InChI is InChI=1S/C58H56N4/c1-55(2,3)35-22-39-37-27-44-38(26-43(37)61-45-20-33(28-59)47-31-12-11-13-32(15-14-31)48(47)49(45)41(24-35)53(39)61)40-23-36(56(4,5)6)25-42-50-46(62(44)54(40)42)21-34(29-60)51-52(50)58(18-9-10-19-58)30-57(51)16-7-8-17-57/h20-27,31-32H,7-19,30H2,1-6H3. The predicted molar refractivity (Wildman–Crippen MR) is 256 cm³/mol. The number of benzene rings is 5. The van der Waals surface area contributed by atoms with E-state index in [4.69, 9.17) is 0 Å². The van der Waals surface area contributed by atoms with E-state index in [-0.39, 0.29) is 21.7 Å². The molecule has 4 nitrogen and oxygen atoms in total. The Kier molecular flexibility index (Phi) is 6.67. The smallest absolute Gasteiger partial charge is 0.0995 e. The Balaban J connectivity index is 1.19. The Morgan fingerprint density at radius 1 is 0.484 bits per heavy atom. The van der Waals surface area contributed by atoms with Crippen molar-refractivity contribution in [3.63, 3.8) is 0 Å². The summed E-state index contributed by atoms with van der Waals surface area (Å²) in [5.74, 6) is 1.00. The molecule has 5 aromatic carbocycles. The van der Waals surface area contributed by atoms with Crippen LogP contribution in [0.15, 0.2) is 48.5 Å². The number of hydrogen-bond donors (Lipinski definition) is 0. The second-order valence-corrected chi connectivity index (χ2v) is 23.4. The Morgan fingerprint density at radius 3 is 1.48 bits per heavy atom. The van der Waals surface area contributed by atoms with Gasteiger partial charge in [0.15, 0.2) is 0 Å². The van der Waals surface area contributed by atoms with Crippen molar-refractivity contribution >= 4 is 76.2 Å². The first-order valence-electron chi connectivity index (χ1n) is 24.2. The molecule has 4 heterocycles. The fourth-order valence-corrected chi connectivity index (χ4v) is 15.6. The van der Waals surface area contributed by atoms with E-state index in [9.17, 15) is 10.5 Å². The minimum Gasteiger partial charge on any atom is -0.308 e. The van der Waals surface area contributed by atoms with Crippen LogP contribution in [0.25, 0.3) is 76.2 Å². The predicted octanol–water partition coefficient (Wildman–Crippen LogP) is 15.5. The minimum atomic E-state index is -0.0423. The van der Waals surface area contributed by atoms with Gasteiger partial charge in [-0.15, -0.1) is 0 Å². The molecule has 2 atom stereocenters. The van der Waals surface area contributed by atoms with E-state index in [1.165, 1.54) is 194 Å². The average molecular weight is 809 g/mol. The third kappa shape index (κ3) is 4.20. The molecule has 62 heavy (non-hydrogen) atoms. The Bertz CT molecular complexity index is 3580. The molecule has 4 heteroatoms. The monoisotopic (exact) mass is 808 g/mol. The van der Waals surface area contributed by atoms with Crippen LogP contribution in [-0.4, -0.2) is 8.80 Å². The van der Waals surface area contributed by atoms with Gasteiger partial charge in [-0.25, -0.2) is 0 Å². The number of aromatic nitrogens is 2. The number of nitrogens with zero attached hydrogens (tertiary/aromatic N) is 4. The lowest BCUT2D eigenvalue weighted by atomic mass is 9.74. The lowest BCUT2D eigenvalue weighted by Gasteiger charge is -2.29. The van der Waals surface area contributed by atoms with Crippen molar-refractivity contribution in [2.24, 2.45) is 0 Å². The first kappa shape index (κ1) is 36.2. The van der Waals surface area contributed by atoms with Crippen LogP contribution in [0, 0.1) is 22.7 Å². The fraction of sp³-hybridized carbons (Fsp3) is 0.448. The summed E-state index contributed by atoms with van der Waals surface area (Å²) < 4.78 is 5.18. The highest BCUT2D eigenvalue weighted by Gasteiger charge is 2.56. The van der Waals surface area contributed by atoms with Crippen molar-refractivity contribution in [1.29, 1.82) is 10.5 Å². The first-order valence-corrected chi connectivity index (χ1v) is 24.2. The highest BCUT2D eigenvalue weighted by molar-refractivity contribution is 6.30. The van der Waals surface area contributed by atoms with Crippen molar-refractivity contribution in [2.75, 3.05) is 0 Å². The second-order valence-electron chi connectivity index (χ2n) is 23.4. The molecule has 3 saturated carbocycles. The topological polar surface area (TPSA) is 56.4 Å². The summed E-state index contributed by atoms with van der Waals surface area (Å²) in [6.45, 7) is 14.2. The third-order valence-corrected chi connectivity index (χ3v) is 18.2. The summed E-state index contributed by atoms with van der Waals surface area (Å²) in [4.78, 5) is 0. The molecule has 6 aliphatic rings. The fourth-order valence-electron chi connectivity index (χ4n) is 15.6. The van der Waals surface area contributed by atoms with Gasteiger partial charge in [0, 0.05) is 43.1 Å². The van der Waals surface area contributed by atoms with Crippen LogP contribution in [0.1, 0.15) is 188 Å². The summed E-state index contributed by atoms with van der Waals surface area (Å²) in [6, 6.07) is 25.4. The van der Waals surface area contributed by atoms with Gasteiger partial charge in [0.25, 0.3) is 0 Å². The number of hydrogen-bond acceptors (Lipinski definition) is 2. The normalized spacial score (nSPS) is 22.0. The molecule has 4 aromatic heterocycles. The molecule has 15 rings (SSSR count). The third-order valence-electron chi connectivity index (χ3n) is 18.2. The van der Waals surface area contributed by atoms with Crippen LogP contribution in [0.2, 0.25) is 0 Å². The van der Waals surface area contributed by atoms with Crippen LogP contribution in [0.3, 0.4) is 0 Å². The molecule has 0 saturated heterocycles. The van der Waals surface area contributed by atoms with E-state index < -0.39 is 0 Å². The SMILES string of the molecule is CC(C)(C)c1cc2c3cc4c(cc3n3c5cc(C#N)c6c(c5c(c1)c23)C1CCCC6CC1)c1cc(C(C)(C)C)cc2c3c5c(c(C#N)cc3n4c12)C1(CCCC1)CC51CCCC1. The highest BCUT2D eigenvalue weighted by Crippen LogP contribution is 2.65. The molecule has 308 valence electrons. The van der Waals surface area contributed by atoms with Crippen LogP contribution in [0.4, 0.5) is 0 Å². The van der Waals surface area contributed by atoms with E-state index in [0.717, 1.165) is 11.1 Å². The first-order chi connectivity index (χ1) is 29.8. The quantitative estimate of drug-likeness (QED) is 0.153. The molecular weight excluding hydrogens is 753 g/mol. The summed E-state index contributed by atoms with van der Waals surface area (Å²) in [6.07, 6.45) is 17.4. The molecule has 2 bridgehead atoms. The van der Waals surface area contributed by atoms with Crippen molar-refractivity contribution in [3.8, 4) is 12.1 Å². The molecule has 2 unspecified atom stereocenters. The summed E-state index contributed by atoms with van der Waals surface area (Å²) in [5.41, 5.74) is 18.3. The number of nitriles is 2. The van der Waals surface area contributed by atoms with Gasteiger partial charge in [-0.1, -0.05) is 73.6 Å². The molecule has 9 aromatic rings. The van der Waals surface area contributed by atoms with Gasteiger partial charge in [0.05, 0.1) is 56.4 Å². The van der Waals surface area contributed by atoms with Crippen LogP contribution < -0.4 is 0 Å². The van der Waals surface area contributed by atoms with E-state index in [1.807, 2.05) is 0 Å². The zero-order valence-corrected chi connectivity index (χ0v) is 37.5. The van der Waals surface area contributed by atoms with Crippen molar-refractivity contribution < 1.29 is 0 Å². The van der Waals surface area contributed by atoms with Crippen molar-refractivity contribution in [2.45, 2.75) is 165 Å². The van der Waals surface area contributed by atoms with E-state index in [0.29, 0.717) is 11.8 Å². The maximum absolute atomic E-state index is 11.2. The number of fused-ring (bicyclic) bond motifs is 19. The van der Waals surface area contributed by atoms with Gasteiger partial charge in [-0.3, -0.25) is 0 Å². The van der Waals surface area contributed by atoms with E-state index >= 15 is 0 Å². The van der Waals surface area contributed by atoms with Gasteiger partial charge < -0.3 is 8.80 Å². The molecule has 0 radical (unpaired) electrons. The minimum absolute atomic E-state index is 0.0372. The van der Waals surface area contributed by atoms with Crippen LogP contribution >= 0.6 is 0 Å². The molecule has 0 N–H and O–H groups in total. The lowest BCUT2D eigenvalue weighted by molar-refractivity contribution is 0.324. The van der Waals surface area contributed by atoms with Gasteiger partial charge in [-0.2, -0.15) is 10.5 Å².